The van der Waals surface area contributed by atoms with Crippen LogP contribution in [-0.4, -0.2) is 31.9 Å². The lowest BCUT2D eigenvalue weighted by molar-refractivity contribution is -0.142. The van der Waals surface area contributed by atoms with Crippen LogP contribution in [0.5, 0.6) is 5.75 Å². The van der Waals surface area contributed by atoms with Crippen LogP contribution in [0.15, 0.2) is 84.0 Å². The number of anilines is 2. The zero-order valence-electron chi connectivity index (χ0n) is 19.0. The van der Waals surface area contributed by atoms with E-state index in [4.69, 9.17) is 4.74 Å². The molecule has 34 heavy (non-hydrogen) atoms. The zero-order valence-corrected chi connectivity index (χ0v) is 19.0. The molecule has 0 radical (unpaired) electrons. The highest BCUT2D eigenvalue weighted by Crippen LogP contribution is 2.32. The normalized spacial score (nSPS) is 14.8. The van der Waals surface area contributed by atoms with Crippen molar-refractivity contribution < 1.29 is 19.1 Å². The average Bonchev–Trinajstić information content (AvgIpc) is 2.88. The Morgan fingerprint density at radius 1 is 1.00 bits per heavy atom. The maximum Gasteiger partial charge on any atom is 0.346 e. The summed E-state index contributed by atoms with van der Waals surface area (Å²) < 4.78 is 10.3. The minimum absolute atomic E-state index is 0.108. The summed E-state index contributed by atoms with van der Waals surface area (Å²) in [5, 5.41) is 4.27. The van der Waals surface area contributed by atoms with Crippen LogP contribution in [0.2, 0.25) is 0 Å². The van der Waals surface area contributed by atoms with Crippen molar-refractivity contribution in [3.63, 3.8) is 0 Å². The fraction of sp³-hybridized carbons (Fsp3) is 0.222. The summed E-state index contributed by atoms with van der Waals surface area (Å²) in [6.07, 6.45) is 4.26. The quantitative estimate of drug-likeness (QED) is 0.312. The molecule has 174 valence electrons. The molecule has 1 unspecified atom stereocenters. The van der Waals surface area contributed by atoms with Crippen molar-refractivity contribution in [3.05, 3.63) is 90.0 Å². The van der Waals surface area contributed by atoms with Crippen molar-refractivity contribution in [1.82, 2.24) is 5.43 Å². The van der Waals surface area contributed by atoms with E-state index >= 15 is 0 Å². The predicted molar refractivity (Wildman–Crippen MR) is 132 cm³/mol. The first kappa shape index (κ1) is 23.0. The van der Waals surface area contributed by atoms with E-state index in [0.29, 0.717) is 5.75 Å². The van der Waals surface area contributed by atoms with Gasteiger partial charge in [-0.15, -0.1) is 0 Å². The van der Waals surface area contributed by atoms with Crippen LogP contribution in [-0.2, 0) is 22.4 Å². The molecule has 4 rings (SSSR count). The van der Waals surface area contributed by atoms with Gasteiger partial charge in [-0.25, -0.2) is 15.0 Å². The van der Waals surface area contributed by atoms with Crippen molar-refractivity contribution >= 4 is 29.6 Å². The number of fused-ring (bicyclic) bond motifs is 1. The fourth-order valence-corrected chi connectivity index (χ4v) is 4.04. The molecule has 7 heteroatoms. The van der Waals surface area contributed by atoms with Crippen molar-refractivity contribution in [2.75, 3.05) is 18.6 Å². The monoisotopic (exact) mass is 457 g/mol. The molecular weight excluding hydrogens is 430 g/mol. The van der Waals surface area contributed by atoms with E-state index in [1.54, 1.807) is 11.1 Å². The number of nitrogens with one attached hydrogen (secondary N) is 1. The lowest BCUT2D eigenvalue weighted by Crippen LogP contribution is -2.34. The van der Waals surface area contributed by atoms with E-state index in [1.165, 1.54) is 7.11 Å². The van der Waals surface area contributed by atoms with Gasteiger partial charge in [0.1, 0.15) is 5.75 Å². The molecular formula is C27H27N3O4. The highest BCUT2D eigenvalue weighted by Gasteiger charge is 2.21. The first-order valence-corrected chi connectivity index (χ1v) is 11.2. The van der Waals surface area contributed by atoms with Gasteiger partial charge < -0.3 is 9.47 Å². The highest BCUT2D eigenvalue weighted by molar-refractivity contribution is 5.99. The maximum atomic E-state index is 13.0. The summed E-state index contributed by atoms with van der Waals surface area (Å²) in [5.41, 5.74) is 6.47. The molecule has 0 spiro atoms. The van der Waals surface area contributed by atoms with Crippen molar-refractivity contribution in [2.45, 2.75) is 19.3 Å². The first-order valence-electron chi connectivity index (χ1n) is 11.2. The van der Waals surface area contributed by atoms with Crippen LogP contribution in [0.4, 0.5) is 16.2 Å². The second-order valence-electron chi connectivity index (χ2n) is 7.96. The van der Waals surface area contributed by atoms with Crippen LogP contribution in [0, 0.1) is 5.92 Å². The average molecular weight is 458 g/mol. The number of ether oxygens (including phenoxy) is 2. The van der Waals surface area contributed by atoms with Crippen LogP contribution in [0.25, 0.3) is 0 Å². The Labute approximate surface area is 199 Å². The standard InChI is InChI=1S/C27H27N3O4/c1-33-26(31)19-34-25-14-8-9-21-17-20(15-16-24(21)25)18-28-29-27(32)30(22-10-4-2-5-11-22)23-12-6-3-7-13-23/h2-14,18,20H,15-17,19H2,1H3,(H,29,32)/b28-18+. The number of nitrogens with zero attached hydrogens (tertiary/aromatic N) is 2. The number of urea groups is 1. The smallest absolute Gasteiger partial charge is 0.346 e. The minimum Gasteiger partial charge on any atom is -0.482 e. The number of carbonyl (C=O) groups is 2. The van der Waals surface area contributed by atoms with Gasteiger partial charge >= 0.3 is 12.0 Å². The van der Waals surface area contributed by atoms with Crippen molar-refractivity contribution in [2.24, 2.45) is 11.0 Å². The number of amides is 2. The van der Waals surface area contributed by atoms with E-state index in [0.717, 1.165) is 41.8 Å². The SMILES string of the molecule is COC(=O)COc1cccc2c1CCC(/C=N/NC(=O)N(c1ccccc1)c1ccccc1)C2. The molecule has 0 saturated heterocycles. The molecule has 0 saturated carbocycles. The molecule has 0 bridgehead atoms. The van der Waals surface area contributed by atoms with Crippen molar-refractivity contribution in [3.8, 4) is 5.75 Å². The van der Waals surface area contributed by atoms with E-state index in [-0.39, 0.29) is 18.6 Å². The van der Waals surface area contributed by atoms with E-state index in [9.17, 15) is 9.59 Å². The number of methoxy groups -OCH3 is 1. The Morgan fingerprint density at radius 2 is 1.68 bits per heavy atom. The molecule has 3 aromatic carbocycles. The zero-order chi connectivity index (χ0) is 23.8. The summed E-state index contributed by atoms with van der Waals surface area (Å²) in [5.74, 6) is 0.493. The van der Waals surface area contributed by atoms with Gasteiger partial charge in [0, 0.05) is 12.1 Å². The maximum absolute atomic E-state index is 13.0. The van der Waals surface area contributed by atoms with Gasteiger partial charge in [0.15, 0.2) is 6.61 Å². The number of esters is 1. The van der Waals surface area contributed by atoms with Gasteiger partial charge in [0.05, 0.1) is 18.5 Å². The highest BCUT2D eigenvalue weighted by atomic mass is 16.6. The number of para-hydroxylation sites is 2. The summed E-state index contributed by atoms with van der Waals surface area (Å²) >= 11 is 0. The number of hydrogen-bond acceptors (Lipinski definition) is 5. The third-order valence-corrected chi connectivity index (χ3v) is 5.73. The second-order valence-corrected chi connectivity index (χ2v) is 7.96. The Kier molecular flexibility index (Phi) is 7.55. The van der Waals surface area contributed by atoms with Crippen LogP contribution in [0.1, 0.15) is 17.5 Å². The minimum atomic E-state index is -0.408. The molecule has 1 atom stereocenters. The van der Waals surface area contributed by atoms with Gasteiger partial charge in [-0.2, -0.15) is 5.10 Å². The molecule has 0 aromatic heterocycles. The lowest BCUT2D eigenvalue weighted by Gasteiger charge is -2.24. The van der Waals surface area contributed by atoms with Gasteiger partial charge in [-0.1, -0.05) is 48.5 Å². The molecule has 0 fully saturated rings. The molecule has 2 amide bonds. The van der Waals surface area contributed by atoms with Crippen LogP contribution in [0.3, 0.4) is 0 Å². The number of benzene rings is 3. The third-order valence-electron chi connectivity index (χ3n) is 5.73. The van der Waals surface area contributed by atoms with E-state index in [2.05, 4.69) is 21.3 Å². The predicted octanol–water partition coefficient (Wildman–Crippen LogP) is 4.88. The third kappa shape index (κ3) is 5.61. The van der Waals surface area contributed by atoms with Gasteiger partial charge in [0.25, 0.3) is 0 Å². The Balaban J connectivity index is 1.41. The summed E-state index contributed by atoms with van der Waals surface area (Å²) in [4.78, 5) is 26.0. The number of carbonyl (C=O) groups excluding carboxylic acids is 2. The summed E-state index contributed by atoms with van der Waals surface area (Å²) in [7, 11) is 1.34. The Morgan fingerprint density at radius 3 is 2.32 bits per heavy atom. The van der Waals surface area contributed by atoms with E-state index < -0.39 is 5.97 Å². The Hall–Kier alpha value is -4.13. The van der Waals surface area contributed by atoms with Gasteiger partial charge in [-0.3, -0.25) is 4.90 Å². The number of hydrogen-bond donors (Lipinski definition) is 1. The van der Waals surface area contributed by atoms with E-state index in [1.807, 2.05) is 72.8 Å². The fourth-order valence-electron chi connectivity index (χ4n) is 4.04. The lowest BCUT2D eigenvalue weighted by atomic mass is 9.84. The molecule has 3 aromatic rings. The molecule has 7 nitrogen and oxygen atoms in total. The second kappa shape index (κ2) is 11.1. The number of rotatable bonds is 7. The van der Waals surface area contributed by atoms with Gasteiger partial charge in [0.2, 0.25) is 0 Å². The van der Waals surface area contributed by atoms with Gasteiger partial charge in [-0.05, 0) is 60.7 Å². The van der Waals surface area contributed by atoms with Crippen molar-refractivity contribution in [1.29, 1.82) is 0 Å². The largest absolute Gasteiger partial charge is 0.482 e. The molecule has 0 aliphatic heterocycles. The van der Waals surface area contributed by atoms with Crippen LogP contribution < -0.4 is 15.1 Å². The summed E-state index contributed by atoms with van der Waals surface area (Å²) in [6.45, 7) is -0.108. The van der Waals surface area contributed by atoms with Crippen LogP contribution >= 0.6 is 0 Å². The molecule has 1 aliphatic carbocycles. The summed E-state index contributed by atoms with van der Waals surface area (Å²) in [6, 6.07) is 24.5. The number of hydrazone groups is 1. The molecule has 1 N–H and O–H groups in total. The Bertz CT molecular complexity index is 1110. The topological polar surface area (TPSA) is 80.2 Å². The molecule has 0 heterocycles. The molecule has 1 aliphatic rings. The first-order chi connectivity index (χ1) is 16.7.